The van der Waals surface area contributed by atoms with Gasteiger partial charge in [0, 0.05) is 50.4 Å². The minimum absolute atomic E-state index is 0.287. The predicted molar refractivity (Wildman–Crippen MR) is 83.7 cm³/mol. The van der Waals surface area contributed by atoms with Crippen molar-refractivity contribution in [3.8, 4) is 0 Å². The van der Waals surface area contributed by atoms with Crippen molar-refractivity contribution in [2.24, 2.45) is 5.41 Å². The second-order valence-corrected chi connectivity index (χ2v) is 6.57. The first-order valence-corrected chi connectivity index (χ1v) is 7.64. The third kappa shape index (κ3) is 2.70. The Bertz CT molecular complexity index is 720. The first-order valence-electron chi connectivity index (χ1n) is 7.64. The van der Waals surface area contributed by atoms with Crippen LogP contribution in [0.25, 0.3) is 0 Å². The molecule has 0 bridgehead atoms. The molecule has 0 radical (unpaired) electrons. The van der Waals surface area contributed by atoms with Gasteiger partial charge in [-0.2, -0.15) is 0 Å². The van der Waals surface area contributed by atoms with E-state index < -0.39 is 0 Å². The fraction of sp³-hybridized carbons (Fsp3) is 0.353. The highest BCUT2D eigenvalue weighted by Crippen LogP contribution is 2.42. The summed E-state index contributed by atoms with van der Waals surface area (Å²) in [5, 5.41) is 0. The third-order valence-corrected chi connectivity index (χ3v) is 4.60. The van der Waals surface area contributed by atoms with Gasteiger partial charge in [0.15, 0.2) is 6.29 Å². The van der Waals surface area contributed by atoms with E-state index in [1.165, 1.54) is 12.3 Å². The molecule has 0 N–H and O–H groups in total. The van der Waals surface area contributed by atoms with Crippen molar-refractivity contribution < 1.29 is 9.18 Å². The number of likely N-dealkylation sites (tertiary alicyclic amines) is 1. The number of aldehydes is 1. The molecule has 0 atom stereocenters. The molecule has 2 aromatic rings. The van der Waals surface area contributed by atoms with Gasteiger partial charge in [-0.15, -0.1) is 0 Å². The van der Waals surface area contributed by atoms with E-state index in [1.54, 1.807) is 18.5 Å². The van der Waals surface area contributed by atoms with Crippen molar-refractivity contribution >= 4 is 12.0 Å². The number of hydrogen-bond acceptors (Lipinski definition) is 5. The van der Waals surface area contributed by atoms with Gasteiger partial charge >= 0.3 is 0 Å². The molecule has 0 amide bonds. The summed E-state index contributed by atoms with van der Waals surface area (Å²) in [6.07, 6.45) is 5.47. The summed E-state index contributed by atoms with van der Waals surface area (Å²) >= 11 is 0. The Morgan fingerprint density at radius 3 is 2.65 bits per heavy atom. The zero-order chi connectivity index (χ0) is 15.9. The number of nitrogens with zero attached hydrogens (tertiary/aromatic N) is 4. The van der Waals surface area contributed by atoms with Crippen molar-refractivity contribution in [3.05, 3.63) is 53.9 Å². The van der Waals surface area contributed by atoms with Crippen LogP contribution < -0.4 is 4.90 Å². The Balaban J connectivity index is 1.29. The number of halogens is 1. The lowest BCUT2D eigenvalue weighted by molar-refractivity contribution is -0.0274. The summed E-state index contributed by atoms with van der Waals surface area (Å²) in [5.74, 6) is -0.287. The van der Waals surface area contributed by atoms with Gasteiger partial charge in [-0.25, -0.2) is 4.39 Å². The summed E-state index contributed by atoms with van der Waals surface area (Å²) in [7, 11) is 0. The molecule has 2 aliphatic heterocycles. The molecule has 0 unspecified atom stereocenters. The first kappa shape index (κ1) is 14.3. The standard InChI is InChI=1S/C17H17FN4O/c18-14-3-16(6-19-5-14)22-11-17(12-22)9-21(10-17)7-13-1-2-15(8-23)20-4-13/h1-6,8H,7,9-12H2. The first-order chi connectivity index (χ1) is 11.2. The van der Waals surface area contributed by atoms with Crippen LogP contribution in [0, 0.1) is 11.2 Å². The van der Waals surface area contributed by atoms with Crippen LogP contribution in [0.4, 0.5) is 10.1 Å². The third-order valence-electron chi connectivity index (χ3n) is 4.60. The lowest BCUT2D eigenvalue weighted by Gasteiger charge is -2.61. The van der Waals surface area contributed by atoms with Gasteiger partial charge in [-0.1, -0.05) is 6.07 Å². The molecule has 2 aromatic heterocycles. The van der Waals surface area contributed by atoms with Crippen LogP contribution in [0.3, 0.4) is 0 Å². The van der Waals surface area contributed by atoms with E-state index in [-0.39, 0.29) is 5.82 Å². The molecule has 2 saturated heterocycles. The van der Waals surface area contributed by atoms with Gasteiger partial charge in [0.25, 0.3) is 0 Å². The van der Waals surface area contributed by atoms with Crippen molar-refractivity contribution in [2.75, 3.05) is 31.1 Å². The predicted octanol–water partition coefficient (Wildman–Crippen LogP) is 1.75. The Morgan fingerprint density at radius 2 is 2.00 bits per heavy atom. The molecular formula is C17H17FN4O. The maximum Gasteiger partial charge on any atom is 0.168 e. The molecule has 0 aliphatic carbocycles. The van der Waals surface area contributed by atoms with Crippen LogP contribution in [0.5, 0.6) is 0 Å². The summed E-state index contributed by atoms with van der Waals surface area (Å²) in [4.78, 5) is 23.1. The van der Waals surface area contributed by atoms with E-state index in [4.69, 9.17) is 0 Å². The van der Waals surface area contributed by atoms with Crippen LogP contribution >= 0.6 is 0 Å². The highest BCUT2D eigenvalue weighted by atomic mass is 19.1. The maximum absolute atomic E-state index is 13.2. The fourth-order valence-electron chi connectivity index (χ4n) is 3.59. The van der Waals surface area contributed by atoms with Crippen LogP contribution in [-0.4, -0.2) is 47.3 Å². The zero-order valence-electron chi connectivity index (χ0n) is 12.7. The minimum Gasteiger partial charge on any atom is -0.369 e. The SMILES string of the molecule is O=Cc1ccc(CN2CC3(C2)CN(c2cncc(F)c2)C3)cn1. The van der Waals surface area contributed by atoms with Crippen LogP contribution in [0.1, 0.15) is 16.1 Å². The van der Waals surface area contributed by atoms with Gasteiger partial charge in [0.2, 0.25) is 0 Å². The summed E-state index contributed by atoms with van der Waals surface area (Å²) in [6, 6.07) is 5.24. The second kappa shape index (κ2) is 5.38. The maximum atomic E-state index is 13.2. The highest BCUT2D eigenvalue weighted by Gasteiger charge is 2.51. The Hall–Kier alpha value is -2.34. The molecule has 0 aromatic carbocycles. The Kier molecular flexibility index (Phi) is 3.34. The molecule has 2 fully saturated rings. The number of rotatable bonds is 4. The highest BCUT2D eigenvalue weighted by molar-refractivity contribution is 5.71. The molecule has 6 heteroatoms. The van der Waals surface area contributed by atoms with Crippen LogP contribution in [0.15, 0.2) is 36.8 Å². The van der Waals surface area contributed by atoms with E-state index in [2.05, 4.69) is 19.8 Å². The van der Waals surface area contributed by atoms with Crippen molar-refractivity contribution in [3.63, 3.8) is 0 Å². The Labute approximate surface area is 133 Å². The monoisotopic (exact) mass is 312 g/mol. The number of hydrogen-bond donors (Lipinski definition) is 0. The largest absolute Gasteiger partial charge is 0.369 e. The molecule has 4 heterocycles. The van der Waals surface area contributed by atoms with Crippen LogP contribution in [0.2, 0.25) is 0 Å². The average molecular weight is 312 g/mol. The number of pyridine rings is 2. The molecule has 1 spiro atoms. The number of carbonyl (C=O) groups is 1. The lowest BCUT2D eigenvalue weighted by Crippen LogP contribution is -2.72. The molecule has 2 aliphatic rings. The minimum atomic E-state index is -0.287. The van der Waals surface area contributed by atoms with E-state index in [1.807, 2.05) is 6.07 Å². The Morgan fingerprint density at radius 1 is 1.17 bits per heavy atom. The van der Waals surface area contributed by atoms with Crippen molar-refractivity contribution in [1.29, 1.82) is 0 Å². The van der Waals surface area contributed by atoms with Gasteiger partial charge in [-0.05, 0) is 11.6 Å². The van der Waals surface area contributed by atoms with Gasteiger partial charge < -0.3 is 4.90 Å². The number of aromatic nitrogens is 2. The molecular weight excluding hydrogens is 295 g/mol. The molecule has 23 heavy (non-hydrogen) atoms. The van der Waals surface area contributed by atoms with E-state index >= 15 is 0 Å². The molecule has 118 valence electrons. The average Bonchev–Trinajstić information content (AvgIpc) is 2.49. The van der Waals surface area contributed by atoms with E-state index in [0.717, 1.165) is 50.3 Å². The summed E-state index contributed by atoms with van der Waals surface area (Å²) in [6.45, 7) is 4.85. The van der Waals surface area contributed by atoms with Gasteiger partial charge in [-0.3, -0.25) is 19.7 Å². The van der Waals surface area contributed by atoms with Crippen molar-refractivity contribution in [2.45, 2.75) is 6.54 Å². The van der Waals surface area contributed by atoms with E-state index in [9.17, 15) is 9.18 Å². The van der Waals surface area contributed by atoms with Crippen molar-refractivity contribution in [1.82, 2.24) is 14.9 Å². The second-order valence-electron chi connectivity index (χ2n) is 6.57. The summed E-state index contributed by atoms with van der Waals surface area (Å²) in [5.41, 5.74) is 2.79. The number of carbonyl (C=O) groups excluding carboxylic acids is 1. The fourth-order valence-corrected chi connectivity index (χ4v) is 3.59. The van der Waals surface area contributed by atoms with E-state index in [0.29, 0.717) is 11.1 Å². The normalized spacial score (nSPS) is 19.3. The molecule has 0 saturated carbocycles. The van der Waals surface area contributed by atoms with Gasteiger partial charge in [0.1, 0.15) is 11.5 Å². The lowest BCUT2D eigenvalue weighted by atomic mass is 9.72. The molecule has 5 nitrogen and oxygen atoms in total. The quantitative estimate of drug-likeness (QED) is 0.805. The molecule has 4 rings (SSSR count). The topological polar surface area (TPSA) is 49.3 Å². The smallest absolute Gasteiger partial charge is 0.168 e. The summed E-state index contributed by atoms with van der Waals surface area (Å²) < 4.78 is 13.2. The number of anilines is 1. The van der Waals surface area contributed by atoms with Crippen LogP contribution in [-0.2, 0) is 6.54 Å². The zero-order valence-corrected chi connectivity index (χ0v) is 12.7. The van der Waals surface area contributed by atoms with Gasteiger partial charge in [0.05, 0.1) is 18.1 Å².